The third-order valence-corrected chi connectivity index (χ3v) is 4.69. The number of hydrogen-bond acceptors (Lipinski definition) is 1. The van der Waals surface area contributed by atoms with E-state index < -0.39 is 17.8 Å². The lowest BCUT2D eigenvalue weighted by atomic mass is 9.85. The molecule has 1 aliphatic rings. The fourth-order valence-electron chi connectivity index (χ4n) is 3.51. The van der Waals surface area contributed by atoms with E-state index in [-0.39, 0.29) is 11.5 Å². The Labute approximate surface area is 143 Å². The highest BCUT2D eigenvalue weighted by Crippen LogP contribution is 2.46. The van der Waals surface area contributed by atoms with Gasteiger partial charge in [0.1, 0.15) is 0 Å². The fourth-order valence-corrected chi connectivity index (χ4v) is 3.51. The minimum Gasteiger partial charge on any atom is -0.465 e. The van der Waals surface area contributed by atoms with Crippen LogP contribution in [0.5, 0.6) is 0 Å². The zero-order valence-electron chi connectivity index (χ0n) is 13.8. The average molecular weight is 349 g/mol. The highest BCUT2D eigenvalue weighted by molar-refractivity contribution is 5.69. The molecule has 2 aromatic carbocycles. The van der Waals surface area contributed by atoms with Crippen LogP contribution in [0.1, 0.15) is 43.0 Å². The van der Waals surface area contributed by atoms with Crippen molar-refractivity contribution in [1.82, 2.24) is 5.32 Å². The van der Waals surface area contributed by atoms with Crippen LogP contribution >= 0.6 is 0 Å². The van der Waals surface area contributed by atoms with Gasteiger partial charge >= 0.3 is 12.3 Å². The standard InChI is InChI=1S/C19H18F3NO2/c1-18(2)10-16(23-17(24)25)14-7-6-12(9-15(14)18)11-4-3-5-13(8-11)19(20,21)22/h3-9,16,23H,10H2,1-2H3,(H,24,25). The molecule has 3 rings (SSSR count). The third kappa shape index (κ3) is 3.34. The van der Waals surface area contributed by atoms with Crippen LogP contribution < -0.4 is 5.32 Å². The van der Waals surface area contributed by atoms with Crippen molar-refractivity contribution >= 4 is 6.09 Å². The first kappa shape index (κ1) is 17.3. The molecule has 1 amide bonds. The quantitative estimate of drug-likeness (QED) is 0.766. The maximum atomic E-state index is 12.9. The van der Waals surface area contributed by atoms with Crippen LogP contribution in [0, 0.1) is 0 Å². The van der Waals surface area contributed by atoms with Gasteiger partial charge in [0.05, 0.1) is 11.6 Å². The maximum absolute atomic E-state index is 12.9. The van der Waals surface area contributed by atoms with Crippen molar-refractivity contribution in [2.24, 2.45) is 0 Å². The lowest BCUT2D eigenvalue weighted by Gasteiger charge is -2.20. The summed E-state index contributed by atoms with van der Waals surface area (Å²) in [6.07, 6.45) is -4.86. The Morgan fingerprint density at radius 1 is 1.16 bits per heavy atom. The molecule has 0 spiro atoms. The van der Waals surface area contributed by atoms with Gasteiger partial charge < -0.3 is 10.4 Å². The van der Waals surface area contributed by atoms with Crippen LogP contribution in [-0.4, -0.2) is 11.2 Å². The summed E-state index contributed by atoms with van der Waals surface area (Å²) in [5.41, 5.74) is 2.07. The Bertz CT molecular complexity index is 828. The van der Waals surface area contributed by atoms with Gasteiger partial charge in [-0.1, -0.05) is 44.2 Å². The molecular weight excluding hydrogens is 331 g/mol. The molecule has 2 aromatic rings. The Kier molecular flexibility index (Phi) is 4.01. The average Bonchev–Trinajstić information content (AvgIpc) is 2.76. The fraction of sp³-hybridized carbons (Fsp3) is 0.316. The molecule has 6 heteroatoms. The van der Waals surface area contributed by atoms with Crippen LogP contribution in [0.3, 0.4) is 0 Å². The summed E-state index contributed by atoms with van der Waals surface area (Å²) >= 11 is 0. The number of benzene rings is 2. The highest BCUT2D eigenvalue weighted by atomic mass is 19.4. The molecule has 1 unspecified atom stereocenters. The second-order valence-electron chi connectivity index (χ2n) is 6.97. The Morgan fingerprint density at radius 3 is 2.48 bits per heavy atom. The molecule has 132 valence electrons. The molecule has 1 atom stereocenters. The number of nitrogens with one attached hydrogen (secondary N) is 1. The normalized spacial score (nSPS) is 18.7. The van der Waals surface area contributed by atoms with Crippen molar-refractivity contribution in [3.8, 4) is 11.1 Å². The first-order valence-corrected chi connectivity index (χ1v) is 7.89. The van der Waals surface area contributed by atoms with E-state index in [4.69, 9.17) is 5.11 Å². The van der Waals surface area contributed by atoms with Crippen molar-refractivity contribution in [3.63, 3.8) is 0 Å². The van der Waals surface area contributed by atoms with E-state index in [2.05, 4.69) is 5.32 Å². The van der Waals surface area contributed by atoms with Crippen LogP contribution in [0.2, 0.25) is 0 Å². The van der Waals surface area contributed by atoms with Crippen LogP contribution in [0.25, 0.3) is 11.1 Å². The van der Waals surface area contributed by atoms with Crippen LogP contribution in [-0.2, 0) is 11.6 Å². The largest absolute Gasteiger partial charge is 0.465 e. The first-order chi connectivity index (χ1) is 11.6. The van der Waals surface area contributed by atoms with Crippen LogP contribution in [0.15, 0.2) is 42.5 Å². The number of hydrogen-bond donors (Lipinski definition) is 2. The molecule has 0 bridgehead atoms. The number of carbonyl (C=O) groups is 1. The second-order valence-corrected chi connectivity index (χ2v) is 6.97. The zero-order valence-corrected chi connectivity index (χ0v) is 13.8. The molecule has 0 fully saturated rings. The predicted molar refractivity (Wildman–Crippen MR) is 88.4 cm³/mol. The van der Waals surface area contributed by atoms with E-state index in [0.717, 1.165) is 23.3 Å². The number of alkyl halides is 3. The van der Waals surface area contributed by atoms with Gasteiger partial charge in [-0.3, -0.25) is 0 Å². The molecule has 0 heterocycles. The molecule has 2 N–H and O–H groups in total. The molecular formula is C19H18F3NO2. The molecule has 0 aliphatic heterocycles. The van der Waals surface area contributed by atoms with Gasteiger partial charge in [-0.2, -0.15) is 13.2 Å². The topological polar surface area (TPSA) is 49.3 Å². The minimum atomic E-state index is -4.39. The summed E-state index contributed by atoms with van der Waals surface area (Å²) < 4.78 is 38.8. The number of halogens is 3. The van der Waals surface area contributed by atoms with Gasteiger partial charge in [-0.25, -0.2) is 4.79 Å². The summed E-state index contributed by atoms with van der Waals surface area (Å²) in [6, 6.07) is 10.3. The van der Waals surface area contributed by atoms with E-state index in [1.165, 1.54) is 6.07 Å². The van der Waals surface area contributed by atoms with Crippen molar-refractivity contribution in [2.75, 3.05) is 0 Å². The van der Waals surface area contributed by atoms with Gasteiger partial charge in [0.25, 0.3) is 0 Å². The summed E-state index contributed by atoms with van der Waals surface area (Å²) in [6.45, 7) is 4.01. The molecule has 0 aromatic heterocycles. The predicted octanol–water partition coefficient (Wildman–Crippen LogP) is 5.36. The smallest absolute Gasteiger partial charge is 0.416 e. The lowest BCUT2D eigenvalue weighted by molar-refractivity contribution is -0.137. The Hall–Kier alpha value is -2.50. The zero-order chi connectivity index (χ0) is 18.4. The summed E-state index contributed by atoms with van der Waals surface area (Å²) in [5, 5.41) is 11.5. The van der Waals surface area contributed by atoms with Gasteiger partial charge in [0.2, 0.25) is 0 Å². The molecule has 25 heavy (non-hydrogen) atoms. The van der Waals surface area contributed by atoms with Crippen molar-refractivity contribution in [2.45, 2.75) is 37.9 Å². The van der Waals surface area contributed by atoms with Gasteiger partial charge in [0.15, 0.2) is 0 Å². The van der Waals surface area contributed by atoms with E-state index in [1.54, 1.807) is 18.2 Å². The number of carboxylic acid groups (broad SMARTS) is 1. The van der Waals surface area contributed by atoms with Crippen molar-refractivity contribution < 1.29 is 23.1 Å². The first-order valence-electron chi connectivity index (χ1n) is 7.89. The highest BCUT2D eigenvalue weighted by Gasteiger charge is 2.38. The summed E-state index contributed by atoms with van der Waals surface area (Å²) in [7, 11) is 0. The number of rotatable bonds is 2. The number of amides is 1. The lowest BCUT2D eigenvalue weighted by Crippen LogP contribution is -2.26. The molecule has 0 saturated carbocycles. The maximum Gasteiger partial charge on any atom is 0.416 e. The van der Waals surface area contributed by atoms with Gasteiger partial charge in [0, 0.05) is 0 Å². The Balaban J connectivity index is 2.03. The Morgan fingerprint density at radius 2 is 1.84 bits per heavy atom. The minimum absolute atomic E-state index is 0.264. The molecule has 0 saturated heterocycles. The van der Waals surface area contributed by atoms with Crippen molar-refractivity contribution in [1.29, 1.82) is 0 Å². The molecule has 0 radical (unpaired) electrons. The van der Waals surface area contributed by atoms with Gasteiger partial charge in [-0.05, 0) is 46.2 Å². The molecule has 3 nitrogen and oxygen atoms in total. The van der Waals surface area contributed by atoms with E-state index >= 15 is 0 Å². The second kappa shape index (κ2) is 5.79. The van der Waals surface area contributed by atoms with E-state index in [9.17, 15) is 18.0 Å². The summed E-state index contributed by atoms with van der Waals surface area (Å²) in [4.78, 5) is 11.0. The SMILES string of the molecule is CC1(C)CC(NC(=O)O)c2ccc(-c3cccc(C(F)(F)F)c3)cc21. The van der Waals surface area contributed by atoms with Crippen molar-refractivity contribution in [3.05, 3.63) is 59.2 Å². The summed E-state index contributed by atoms with van der Waals surface area (Å²) in [5.74, 6) is 0. The van der Waals surface area contributed by atoms with Gasteiger partial charge in [-0.15, -0.1) is 0 Å². The van der Waals surface area contributed by atoms with E-state index in [1.807, 2.05) is 19.9 Å². The third-order valence-electron chi connectivity index (χ3n) is 4.69. The van der Waals surface area contributed by atoms with E-state index in [0.29, 0.717) is 17.5 Å². The van der Waals surface area contributed by atoms with Crippen LogP contribution in [0.4, 0.5) is 18.0 Å². The monoisotopic (exact) mass is 349 g/mol. The molecule has 1 aliphatic carbocycles. The number of fused-ring (bicyclic) bond motifs is 1.